The van der Waals surface area contributed by atoms with Gasteiger partial charge in [0.2, 0.25) is 0 Å². The SMILES string of the molecule is NC(=O)c1c(F)ccc(OCc2nc3cc(Br)cnc3s2)c1F. The zero-order valence-electron chi connectivity index (χ0n) is 11.3. The molecule has 0 bridgehead atoms. The van der Waals surface area contributed by atoms with Crippen molar-refractivity contribution < 1.29 is 18.3 Å². The Bertz CT molecular complexity index is 916. The molecule has 0 spiro atoms. The van der Waals surface area contributed by atoms with Gasteiger partial charge in [0.1, 0.15) is 33.3 Å². The summed E-state index contributed by atoms with van der Waals surface area (Å²) in [6.07, 6.45) is 1.64. The van der Waals surface area contributed by atoms with Crippen molar-refractivity contribution in [1.82, 2.24) is 9.97 Å². The van der Waals surface area contributed by atoms with Gasteiger partial charge in [0, 0.05) is 10.7 Å². The molecule has 0 fully saturated rings. The van der Waals surface area contributed by atoms with E-state index in [9.17, 15) is 13.6 Å². The van der Waals surface area contributed by atoms with E-state index in [2.05, 4.69) is 25.9 Å². The zero-order chi connectivity index (χ0) is 16.6. The molecular weight excluding hydrogens is 392 g/mol. The number of nitrogens with two attached hydrogens (primary N) is 1. The number of fused-ring (bicyclic) bond motifs is 1. The first-order chi connectivity index (χ1) is 11.0. The van der Waals surface area contributed by atoms with Crippen LogP contribution in [0.25, 0.3) is 10.3 Å². The standard InChI is InChI=1S/C14H8BrF2N3O2S/c15-6-3-8-14(19-4-6)23-10(20-8)5-22-9-2-1-7(16)11(12(9)17)13(18)21/h1-4H,5H2,(H2,18,21). The van der Waals surface area contributed by atoms with E-state index in [1.54, 1.807) is 12.3 Å². The molecule has 23 heavy (non-hydrogen) atoms. The van der Waals surface area contributed by atoms with Crippen molar-refractivity contribution in [3.63, 3.8) is 0 Å². The van der Waals surface area contributed by atoms with Gasteiger partial charge in [-0.3, -0.25) is 4.79 Å². The summed E-state index contributed by atoms with van der Waals surface area (Å²) in [6, 6.07) is 3.82. The first-order valence-corrected chi connectivity index (χ1v) is 7.88. The van der Waals surface area contributed by atoms with Crippen molar-refractivity contribution in [1.29, 1.82) is 0 Å². The van der Waals surface area contributed by atoms with E-state index in [0.29, 0.717) is 15.4 Å². The van der Waals surface area contributed by atoms with Gasteiger partial charge in [-0.25, -0.2) is 18.7 Å². The summed E-state index contributed by atoms with van der Waals surface area (Å²) >= 11 is 4.59. The van der Waals surface area contributed by atoms with Crippen LogP contribution in [-0.4, -0.2) is 15.9 Å². The number of primary amides is 1. The molecule has 0 saturated carbocycles. The van der Waals surface area contributed by atoms with Gasteiger partial charge in [0.05, 0.1) is 0 Å². The van der Waals surface area contributed by atoms with Gasteiger partial charge in [0.25, 0.3) is 5.91 Å². The van der Waals surface area contributed by atoms with E-state index in [0.717, 1.165) is 16.6 Å². The lowest BCUT2D eigenvalue weighted by Crippen LogP contribution is -2.16. The van der Waals surface area contributed by atoms with Crippen molar-refractivity contribution in [3.8, 4) is 5.75 Å². The van der Waals surface area contributed by atoms with Crippen molar-refractivity contribution in [3.05, 3.63) is 51.1 Å². The first-order valence-electron chi connectivity index (χ1n) is 6.27. The molecule has 0 aliphatic carbocycles. The number of ether oxygens (including phenoxy) is 1. The van der Waals surface area contributed by atoms with Crippen LogP contribution in [0, 0.1) is 11.6 Å². The molecule has 3 aromatic rings. The summed E-state index contributed by atoms with van der Waals surface area (Å²) in [4.78, 5) is 20.3. The number of pyridine rings is 1. The Morgan fingerprint density at radius 2 is 2.17 bits per heavy atom. The first kappa shape index (κ1) is 15.8. The second-order valence-corrected chi connectivity index (χ2v) is 6.45. The van der Waals surface area contributed by atoms with Crippen LogP contribution in [0.5, 0.6) is 5.75 Å². The number of aromatic nitrogens is 2. The summed E-state index contributed by atoms with van der Waals surface area (Å²) in [5.74, 6) is -3.62. The zero-order valence-corrected chi connectivity index (χ0v) is 13.7. The predicted octanol–water partition coefficient (Wildman–Crippen LogP) is 3.41. The van der Waals surface area contributed by atoms with Crippen molar-refractivity contribution in [2.24, 2.45) is 5.73 Å². The van der Waals surface area contributed by atoms with Gasteiger partial charge < -0.3 is 10.5 Å². The van der Waals surface area contributed by atoms with Gasteiger partial charge in [-0.15, -0.1) is 0 Å². The minimum absolute atomic E-state index is 0.0423. The highest BCUT2D eigenvalue weighted by atomic mass is 79.9. The number of amides is 1. The fraction of sp³-hybridized carbons (Fsp3) is 0.0714. The van der Waals surface area contributed by atoms with Crippen LogP contribution in [0.15, 0.2) is 28.9 Å². The molecule has 1 amide bonds. The molecule has 0 atom stereocenters. The summed E-state index contributed by atoms with van der Waals surface area (Å²) < 4.78 is 33.5. The monoisotopic (exact) mass is 399 g/mol. The van der Waals surface area contributed by atoms with E-state index in [-0.39, 0.29) is 12.4 Å². The molecule has 5 nitrogen and oxygen atoms in total. The summed E-state index contributed by atoms with van der Waals surface area (Å²) in [6.45, 7) is -0.0423. The molecule has 0 unspecified atom stereocenters. The average molecular weight is 400 g/mol. The number of carbonyl (C=O) groups is 1. The Morgan fingerprint density at radius 1 is 1.39 bits per heavy atom. The quantitative estimate of drug-likeness (QED) is 0.728. The fourth-order valence-electron chi connectivity index (χ4n) is 1.92. The molecule has 118 valence electrons. The van der Waals surface area contributed by atoms with Gasteiger partial charge in [-0.05, 0) is 34.1 Å². The second-order valence-electron chi connectivity index (χ2n) is 4.47. The van der Waals surface area contributed by atoms with E-state index < -0.39 is 23.1 Å². The van der Waals surface area contributed by atoms with Crippen LogP contribution in [0.4, 0.5) is 8.78 Å². The van der Waals surface area contributed by atoms with Crippen LogP contribution in [0.3, 0.4) is 0 Å². The second kappa shape index (κ2) is 6.17. The Balaban J connectivity index is 1.85. The molecule has 2 heterocycles. The third kappa shape index (κ3) is 3.15. The Labute approximate surface area is 141 Å². The Kier molecular flexibility index (Phi) is 4.22. The normalized spacial score (nSPS) is 10.9. The molecule has 0 aliphatic heterocycles. The van der Waals surface area contributed by atoms with Gasteiger partial charge in [-0.1, -0.05) is 11.3 Å². The van der Waals surface area contributed by atoms with Gasteiger partial charge >= 0.3 is 0 Å². The summed E-state index contributed by atoms with van der Waals surface area (Å²) in [5, 5.41) is 0.565. The minimum Gasteiger partial charge on any atom is -0.483 e. The van der Waals surface area contributed by atoms with E-state index in [1.165, 1.54) is 11.3 Å². The highest BCUT2D eigenvalue weighted by Gasteiger charge is 2.19. The summed E-state index contributed by atoms with van der Waals surface area (Å²) in [5.41, 5.74) is 4.82. The number of benzene rings is 1. The van der Waals surface area contributed by atoms with Crippen molar-refractivity contribution in [2.75, 3.05) is 0 Å². The molecule has 0 aliphatic rings. The molecule has 2 aromatic heterocycles. The lowest BCUT2D eigenvalue weighted by Gasteiger charge is -2.08. The highest BCUT2D eigenvalue weighted by Crippen LogP contribution is 2.26. The van der Waals surface area contributed by atoms with E-state index in [4.69, 9.17) is 10.5 Å². The number of nitrogens with zero attached hydrogens (tertiary/aromatic N) is 2. The maximum absolute atomic E-state index is 14.0. The molecule has 0 saturated heterocycles. The van der Waals surface area contributed by atoms with Crippen LogP contribution in [0.2, 0.25) is 0 Å². The van der Waals surface area contributed by atoms with Crippen LogP contribution >= 0.6 is 27.3 Å². The van der Waals surface area contributed by atoms with Crippen molar-refractivity contribution in [2.45, 2.75) is 6.61 Å². The number of thiazole rings is 1. The molecule has 0 radical (unpaired) electrons. The number of halogens is 3. The third-order valence-corrected chi connectivity index (χ3v) is 4.30. The van der Waals surface area contributed by atoms with Crippen LogP contribution < -0.4 is 10.5 Å². The maximum Gasteiger partial charge on any atom is 0.254 e. The third-order valence-electron chi connectivity index (χ3n) is 2.91. The fourth-order valence-corrected chi connectivity index (χ4v) is 3.03. The van der Waals surface area contributed by atoms with Gasteiger partial charge in [-0.2, -0.15) is 0 Å². The lowest BCUT2D eigenvalue weighted by molar-refractivity contribution is 0.0991. The van der Waals surface area contributed by atoms with Crippen molar-refractivity contribution >= 4 is 43.5 Å². The number of rotatable bonds is 4. The molecule has 3 rings (SSSR count). The Hall–Kier alpha value is -2.13. The molecule has 2 N–H and O–H groups in total. The number of carbonyl (C=O) groups excluding carboxylic acids is 1. The van der Waals surface area contributed by atoms with Crippen LogP contribution in [0.1, 0.15) is 15.4 Å². The lowest BCUT2D eigenvalue weighted by atomic mass is 10.2. The predicted molar refractivity (Wildman–Crippen MR) is 84.3 cm³/mol. The van der Waals surface area contributed by atoms with Crippen LogP contribution in [-0.2, 0) is 6.61 Å². The molecular formula is C14H8BrF2N3O2S. The average Bonchev–Trinajstić information content (AvgIpc) is 2.88. The smallest absolute Gasteiger partial charge is 0.254 e. The Morgan fingerprint density at radius 3 is 2.91 bits per heavy atom. The van der Waals surface area contributed by atoms with E-state index >= 15 is 0 Å². The molecule has 9 heteroatoms. The topological polar surface area (TPSA) is 78.1 Å². The largest absolute Gasteiger partial charge is 0.483 e. The van der Waals surface area contributed by atoms with E-state index in [1.807, 2.05) is 0 Å². The maximum atomic E-state index is 14.0. The number of hydrogen-bond donors (Lipinski definition) is 1. The van der Waals surface area contributed by atoms with Gasteiger partial charge in [0.15, 0.2) is 11.6 Å². The minimum atomic E-state index is -1.19. The summed E-state index contributed by atoms with van der Waals surface area (Å²) in [7, 11) is 0. The molecule has 1 aromatic carbocycles. The highest BCUT2D eigenvalue weighted by molar-refractivity contribution is 9.10. The number of hydrogen-bond acceptors (Lipinski definition) is 5.